The number of hydrogen-bond donors (Lipinski definition) is 1. The van der Waals surface area contributed by atoms with E-state index in [-0.39, 0.29) is 5.69 Å². The largest absolute Gasteiger partial charge is 0.408 e. The van der Waals surface area contributed by atoms with Gasteiger partial charge in [-0.15, -0.1) is 0 Å². The van der Waals surface area contributed by atoms with Crippen molar-refractivity contribution in [2.24, 2.45) is 5.73 Å². The number of hydrogen-bond acceptors (Lipinski definition) is 2. The molecule has 0 saturated carbocycles. The highest BCUT2D eigenvalue weighted by atomic mass is 19.4. The molecule has 0 aliphatic rings. The Morgan fingerprint density at radius 2 is 2.00 bits per heavy atom. The maximum atomic E-state index is 12.3. The summed E-state index contributed by atoms with van der Waals surface area (Å²) in [5, 5.41) is 3.18. The molecule has 1 aromatic heterocycles. The summed E-state index contributed by atoms with van der Waals surface area (Å²) in [7, 11) is 0. The van der Waals surface area contributed by atoms with Gasteiger partial charge in [0.15, 0.2) is 0 Å². The van der Waals surface area contributed by atoms with Crippen LogP contribution in [0, 0.1) is 0 Å². The van der Waals surface area contributed by atoms with Gasteiger partial charge in [0.05, 0.1) is 5.69 Å². The van der Waals surface area contributed by atoms with Gasteiger partial charge in [-0.2, -0.15) is 18.3 Å². The molecule has 0 bridgehead atoms. The van der Waals surface area contributed by atoms with Crippen molar-refractivity contribution in [3.63, 3.8) is 0 Å². The number of halogens is 5. The van der Waals surface area contributed by atoms with Crippen LogP contribution in [0.1, 0.15) is 30.8 Å². The molecule has 0 amide bonds. The molecule has 0 aliphatic carbocycles. The fourth-order valence-corrected chi connectivity index (χ4v) is 1.22. The van der Waals surface area contributed by atoms with Crippen LogP contribution in [0.4, 0.5) is 22.0 Å². The monoisotopic (exact) mass is 243 g/mol. The Hall–Kier alpha value is -1.18. The van der Waals surface area contributed by atoms with E-state index in [2.05, 4.69) is 5.10 Å². The second kappa shape index (κ2) is 4.36. The van der Waals surface area contributed by atoms with Gasteiger partial charge in [-0.05, 0) is 13.0 Å². The summed E-state index contributed by atoms with van der Waals surface area (Å²) in [4.78, 5) is 0. The average Bonchev–Trinajstić information content (AvgIpc) is 2.44. The Morgan fingerprint density at radius 1 is 1.44 bits per heavy atom. The maximum absolute atomic E-state index is 12.3. The van der Waals surface area contributed by atoms with Gasteiger partial charge in [-0.25, -0.2) is 8.78 Å². The topological polar surface area (TPSA) is 43.8 Å². The molecule has 3 nitrogen and oxygen atoms in total. The summed E-state index contributed by atoms with van der Waals surface area (Å²) in [6.07, 6.45) is -7.43. The first-order valence-electron chi connectivity index (χ1n) is 4.39. The quantitative estimate of drug-likeness (QED) is 0.828. The number of rotatable bonds is 3. The van der Waals surface area contributed by atoms with Crippen molar-refractivity contribution in [1.29, 1.82) is 0 Å². The molecule has 1 heterocycles. The van der Waals surface area contributed by atoms with Crippen molar-refractivity contribution >= 4 is 0 Å². The summed E-state index contributed by atoms with van der Waals surface area (Å²) in [5.74, 6) is 0. The van der Waals surface area contributed by atoms with Gasteiger partial charge in [0.1, 0.15) is 12.2 Å². The molecular weight excluding hydrogens is 233 g/mol. The molecule has 0 aliphatic heterocycles. The lowest BCUT2D eigenvalue weighted by Gasteiger charge is -2.11. The first-order valence-corrected chi connectivity index (χ1v) is 4.39. The first kappa shape index (κ1) is 12.9. The predicted octanol–water partition coefficient (Wildman–Crippen LogP) is 2.40. The van der Waals surface area contributed by atoms with Crippen LogP contribution in [-0.4, -0.2) is 16.0 Å². The molecule has 16 heavy (non-hydrogen) atoms. The highest BCUT2D eigenvalue weighted by Gasteiger charge is 2.31. The second-order valence-electron chi connectivity index (χ2n) is 3.36. The number of aromatic nitrogens is 2. The summed E-state index contributed by atoms with van der Waals surface area (Å²) in [5.41, 5.74) is 4.61. The Morgan fingerprint density at radius 3 is 2.38 bits per heavy atom. The number of alkyl halides is 5. The third kappa shape index (κ3) is 3.16. The molecule has 8 heteroatoms. The van der Waals surface area contributed by atoms with Gasteiger partial charge < -0.3 is 5.73 Å². The minimum atomic E-state index is -4.52. The Bertz CT molecular complexity index is 355. The van der Waals surface area contributed by atoms with E-state index in [1.54, 1.807) is 0 Å². The van der Waals surface area contributed by atoms with Gasteiger partial charge in [-0.3, -0.25) is 4.68 Å². The molecule has 1 atom stereocenters. The van der Waals surface area contributed by atoms with Crippen molar-refractivity contribution in [1.82, 2.24) is 9.78 Å². The molecule has 92 valence electrons. The minimum Gasteiger partial charge on any atom is -0.323 e. The number of nitrogens with two attached hydrogens (primary N) is 1. The van der Waals surface area contributed by atoms with Crippen molar-refractivity contribution in [2.45, 2.75) is 32.1 Å². The van der Waals surface area contributed by atoms with Crippen LogP contribution in [0.5, 0.6) is 0 Å². The summed E-state index contributed by atoms with van der Waals surface area (Å²) < 4.78 is 61.3. The van der Waals surface area contributed by atoms with Crippen LogP contribution in [0.15, 0.2) is 6.07 Å². The van der Waals surface area contributed by atoms with E-state index >= 15 is 0 Å². The Balaban J connectivity index is 3.06. The zero-order chi connectivity index (χ0) is 12.5. The lowest BCUT2D eigenvalue weighted by atomic mass is 10.2. The van der Waals surface area contributed by atoms with Gasteiger partial charge >= 0.3 is 6.18 Å². The predicted molar refractivity (Wildman–Crippen MR) is 45.8 cm³/mol. The second-order valence-corrected chi connectivity index (χ2v) is 3.36. The molecule has 0 unspecified atom stereocenters. The van der Waals surface area contributed by atoms with Crippen LogP contribution in [0.2, 0.25) is 0 Å². The molecule has 1 aromatic rings. The van der Waals surface area contributed by atoms with Gasteiger partial charge in [0.2, 0.25) is 0 Å². The van der Waals surface area contributed by atoms with Crippen LogP contribution in [0.25, 0.3) is 0 Å². The molecule has 1 rings (SSSR count). The summed E-state index contributed by atoms with van der Waals surface area (Å²) in [6.45, 7) is -0.0181. The summed E-state index contributed by atoms with van der Waals surface area (Å²) in [6, 6.07) is 0.100. The lowest BCUT2D eigenvalue weighted by Crippen LogP contribution is -2.22. The molecule has 0 saturated heterocycles. The van der Waals surface area contributed by atoms with Gasteiger partial charge in [-0.1, -0.05) is 0 Å². The van der Waals surface area contributed by atoms with E-state index in [1.165, 1.54) is 6.92 Å². The van der Waals surface area contributed by atoms with Crippen LogP contribution < -0.4 is 5.73 Å². The zero-order valence-electron chi connectivity index (χ0n) is 8.30. The lowest BCUT2D eigenvalue weighted by molar-refractivity contribution is -0.143. The van der Waals surface area contributed by atoms with E-state index < -0.39 is 30.9 Å². The maximum Gasteiger partial charge on any atom is 0.408 e. The molecular formula is C8H10F5N3. The molecule has 2 N–H and O–H groups in total. The van der Waals surface area contributed by atoms with Gasteiger partial charge in [0.25, 0.3) is 6.43 Å². The highest BCUT2D eigenvalue weighted by Crippen LogP contribution is 2.24. The van der Waals surface area contributed by atoms with E-state index in [0.29, 0.717) is 4.68 Å². The van der Waals surface area contributed by atoms with Crippen molar-refractivity contribution in [2.75, 3.05) is 0 Å². The van der Waals surface area contributed by atoms with E-state index in [9.17, 15) is 22.0 Å². The smallest absolute Gasteiger partial charge is 0.323 e. The molecule has 0 fully saturated rings. The van der Waals surface area contributed by atoms with Crippen LogP contribution in [-0.2, 0) is 6.54 Å². The third-order valence-corrected chi connectivity index (χ3v) is 1.85. The van der Waals surface area contributed by atoms with E-state index in [4.69, 9.17) is 5.73 Å². The van der Waals surface area contributed by atoms with E-state index in [1.807, 2.05) is 0 Å². The van der Waals surface area contributed by atoms with Crippen molar-refractivity contribution in [3.8, 4) is 0 Å². The van der Waals surface area contributed by atoms with Crippen LogP contribution in [0.3, 0.4) is 0 Å². The Kier molecular flexibility index (Phi) is 3.51. The Labute approximate surface area is 88.0 Å². The highest BCUT2D eigenvalue weighted by molar-refractivity contribution is 5.14. The molecule has 0 spiro atoms. The summed E-state index contributed by atoms with van der Waals surface area (Å²) >= 11 is 0. The first-order chi connectivity index (χ1) is 7.20. The standard InChI is InChI=1S/C8H10F5N3/c1-4(14)6-2-5(7(9)10)15-16(6)3-8(11,12)13/h2,4,7H,3,14H2,1H3/t4-/m0/s1. The van der Waals surface area contributed by atoms with Gasteiger partial charge in [0, 0.05) is 6.04 Å². The fourth-order valence-electron chi connectivity index (χ4n) is 1.22. The fraction of sp³-hybridized carbons (Fsp3) is 0.625. The number of nitrogens with zero attached hydrogens (tertiary/aromatic N) is 2. The normalized spacial score (nSPS) is 14.5. The zero-order valence-corrected chi connectivity index (χ0v) is 8.30. The third-order valence-electron chi connectivity index (χ3n) is 1.85. The molecule has 0 aromatic carbocycles. The van der Waals surface area contributed by atoms with E-state index in [0.717, 1.165) is 6.07 Å². The average molecular weight is 243 g/mol. The van der Waals surface area contributed by atoms with Crippen molar-refractivity contribution in [3.05, 3.63) is 17.5 Å². The molecule has 0 radical (unpaired) electrons. The van der Waals surface area contributed by atoms with Crippen molar-refractivity contribution < 1.29 is 22.0 Å². The SMILES string of the molecule is C[C@H](N)c1cc(C(F)F)nn1CC(F)(F)F. The van der Waals surface area contributed by atoms with Crippen LogP contribution >= 0.6 is 0 Å². The minimum absolute atomic E-state index is 0.0624.